The van der Waals surface area contributed by atoms with Crippen LogP contribution >= 0.6 is 0 Å². The van der Waals surface area contributed by atoms with E-state index in [2.05, 4.69) is 5.92 Å². The van der Waals surface area contributed by atoms with Gasteiger partial charge < -0.3 is 15.5 Å². The summed E-state index contributed by atoms with van der Waals surface area (Å²) in [4.78, 5) is 15.5. The van der Waals surface area contributed by atoms with Crippen LogP contribution in [0.2, 0.25) is 0 Å². The van der Waals surface area contributed by atoms with Gasteiger partial charge in [0.2, 0.25) is 5.91 Å². The average Bonchev–Trinajstić information content (AvgIpc) is 2.38. The molecule has 0 heterocycles. The number of benzene rings is 1. The number of likely N-dealkylation sites (N-methyl/N-ethyl adjacent to an activating group) is 1. The predicted octanol–water partition coefficient (Wildman–Crippen LogP) is 1.06. The van der Waals surface area contributed by atoms with E-state index in [1.165, 1.54) is 0 Å². The van der Waals surface area contributed by atoms with Gasteiger partial charge in [-0.2, -0.15) is 0 Å². The van der Waals surface area contributed by atoms with E-state index in [1.807, 2.05) is 43.3 Å². The summed E-state index contributed by atoms with van der Waals surface area (Å²) in [6.45, 7) is 0.533. The molecule has 19 heavy (non-hydrogen) atoms. The van der Waals surface area contributed by atoms with E-state index in [0.717, 1.165) is 11.3 Å². The molecule has 0 aliphatic heterocycles. The third-order valence-corrected chi connectivity index (χ3v) is 2.90. The molecule has 1 rings (SSSR count). The summed E-state index contributed by atoms with van der Waals surface area (Å²) in [5.74, 6) is 2.28. The molecule has 1 unspecified atom stereocenters. The third-order valence-electron chi connectivity index (χ3n) is 2.90. The molecule has 0 radical (unpaired) electrons. The number of terminal acetylenes is 1. The summed E-state index contributed by atoms with van der Waals surface area (Å²) in [6.07, 6.45) is 5.43. The SMILES string of the molecule is C#CCC(N)C(=O)N(C)Cc1ccc(N(C)C)cc1. The maximum Gasteiger partial charge on any atom is 0.240 e. The zero-order valence-corrected chi connectivity index (χ0v) is 11.8. The van der Waals surface area contributed by atoms with Crippen molar-refractivity contribution in [3.05, 3.63) is 29.8 Å². The van der Waals surface area contributed by atoms with Gasteiger partial charge in [-0.15, -0.1) is 12.3 Å². The van der Waals surface area contributed by atoms with Crippen molar-refractivity contribution in [2.75, 3.05) is 26.0 Å². The van der Waals surface area contributed by atoms with E-state index < -0.39 is 6.04 Å². The van der Waals surface area contributed by atoms with Crippen molar-refractivity contribution >= 4 is 11.6 Å². The van der Waals surface area contributed by atoms with E-state index in [0.29, 0.717) is 6.54 Å². The Morgan fingerprint density at radius 3 is 2.37 bits per heavy atom. The highest BCUT2D eigenvalue weighted by molar-refractivity contribution is 5.81. The lowest BCUT2D eigenvalue weighted by molar-refractivity contribution is -0.131. The molecule has 0 saturated heterocycles. The molecule has 1 atom stereocenters. The molecule has 0 saturated carbocycles. The third kappa shape index (κ3) is 4.31. The smallest absolute Gasteiger partial charge is 0.240 e. The van der Waals surface area contributed by atoms with Gasteiger partial charge in [-0.05, 0) is 17.7 Å². The lowest BCUT2D eigenvalue weighted by atomic mass is 10.1. The lowest BCUT2D eigenvalue weighted by Crippen LogP contribution is -2.41. The number of nitrogens with two attached hydrogens (primary N) is 1. The molecule has 0 aromatic heterocycles. The second-order valence-corrected chi connectivity index (χ2v) is 4.77. The van der Waals surface area contributed by atoms with Gasteiger partial charge in [0.15, 0.2) is 0 Å². The second kappa shape index (κ2) is 6.81. The van der Waals surface area contributed by atoms with Gasteiger partial charge >= 0.3 is 0 Å². The molecule has 1 aromatic rings. The van der Waals surface area contributed by atoms with Crippen LogP contribution < -0.4 is 10.6 Å². The first-order chi connectivity index (χ1) is 8.95. The summed E-state index contributed by atoms with van der Waals surface area (Å²) >= 11 is 0. The van der Waals surface area contributed by atoms with Crippen molar-refractivity contribution in [3.63, 3.8) is 0 Å². The Morgan fingerprint density at radius 2 is 1.89 bits per heavy atom. The van der Waals surface area contributed by atoms with E-state index in [1.54, 1.807) is 11.9 Å². The maximum atomic E-state index is 11.9. The fourth-order valence-corrected chi connectivity index (χ4v) is 1.75. The second-order valence-electron chi connectivity index (χ2n) is 4.77. The number of hydrogen-bond donors (Lipinski definition) is 1. The molecule has 4 nitrogen and oxygen atoms in total. The Balaban J connectivity index is 2.64. The fraction of sp³-hybridized carbons (Fsp3) is 0.400. The minimum absolute atomic E-state index is 0.130. The number of nitrogens with zero attached hydrogens (tertiary/aromatic N) is 2. The van der Waals surface area contributed by atoms with Crippen molar-refractivity contribution in [2.45, 2.75) is 19.0 Å². The van der Waals surface area contributed by atoms with Gasteiger partial charge in [0.25, 0.3) is 0 Å². The summed E-state index contributed by atoms with van der Waals surface area (Å²) in [6, 6.07) is 7.44. The number of rotatable bonds is 5. The largest absolute Gasteiger partial charge is 0.378 e. The highest BCUT2D eigenvalue weighted by Gasteiger charge is 2.16. The zero-order chi connectivity index (χ0) is 14.4. The fourth-order valence-electron chi connectivity index (χ4n) is 1.75. The van der Waals surface area contributed by atoms with Crippen molar-refractivity contribution in [3.8, 4) is 12.3 Å². The van der Waals surface area contributed by atoms with Gasteiger partial charge in [-0.25, -0.2) is 0 Å². The molecular weight excluding hydrogens is 238 g/mol. The summed E-state index contributed by atoms with van der Waals surface area (Å²) in [5, 5.41) is 0. The highest BCUT2D eigenvalue weighted by Crippen LogP contribution is 2.13. The van der Waals surface area contributed by atoms with E-state index in [9.17, 15) is 4.79 Å². The molecule has 0 fully saturated rings. The summed E-state index contributed by atoms with van der Waals surface area (Å²) < 4.78 is 0. The monoisotopic (exact) mass is 259 g/mol. The number of carbonyl (C=O) groups is 1. The Morgan fingerprint density at radius 1 is 1.32 bits per heavy atom. The molecule has 0 bridgehead atoms. The average molecular weight is 259 g/mol. The van der Waals surface area contributed by atoms with Gasteiger partial charge in [0, 0.05) is 39.8 Å². The maximum absolute atomic E-state index is 11.9. The van der Waals surface area contributed by atoms with Crippen molar-refractivity contribution in [1.29, 1.82) is 0 Å². The van der Waals surface area contributed by atoms with Crippen LogP contribution in [0.5, 0.6) is 0 Å². The van der Waals surface area contributed by atoms with Gasteiger partial charge in [0.1, 0.15) is 0 Å². The molecule has 1 amide bonds. The van der Waals surface area contributed by atoms with Crippen LogP contribution in [0.1, 0.15) is 12.0 Å². The summed E-state index contributed by atoms with van der Waals surface area (Å²) in [5.41, 5.74) is 7.90. The van der Waals surface area contributed by atoms with Crippen LogP contribution in [0.3, 0.4) is 0 Å². The van der Waals surface area contributed by atoms with E-state index >= 15 is 0 Å². The lowest BCUT2D eigenvalue weighted by Gasteiger charge is -2.21. The molecule has 4 heteroatoms. The van der Waals surface area contributed by atoms with Gasteiger partial charge in [0.05, 0.1) is 6.04 Å². The normalized spacial score (nSPS) is 11.5. The van der Waals surface area contributed by atoms with Crippen LogP contribution in [0.4, 0.5) is 5.69 Å². The van der Waals surface area contributed by atoms with Gasteiger partial charge in [-0.3, -0.25) is 4.79 Å². The number of amides is 1. The molecule has 102 valence electrons. The summed E-state index contributed by atoms with van der Waals surface area (Å²) in [7, 11) is 5.71. The number of carbonyl (C=O) groups excluding carboxylic acids is 1. The quantitative estimate of drug-likeness (QED) is 0.805. The van der Waals surface area contributed by atoms with E-state index in [-0.39, 0.29) is 12.3 Å². The van der Waals surface area contributed by atoms with Crippen LogP contribution in [0.15, 0.2) is 24.3 Å². The molecule has 1 aromatic carbocycles. The highest BCUT2D eigenvalue weighted by atomic mass is 16.2. The Labute approximate surface area is 115 Å². The zero-order valence-electron chi connectivity index (χ0n) is 11.8. The van der Waals surface area contributed by atoms with Crippen molar-refractivity contribution in [1.82, 2.24) is 4.90 Å². The van der Waals surface area contributed by atoms with Crippen molar-refractivity contribution in [2.24, 2.45) is 5.73 Å². The molecule has 2 N–H and O–H groups in total. The topological polar surface area (TPSA) is 49.6 Å². The van der Waals surface area contributed by atoms with Crippen LogP contribution in [-0.2, 0) is 11.3 Å². The van der Waals surface area contributed by atoms with E-state index in [4.69, 9.17) is 12.2 Å². The first kappa shape index (κ1) is 15.1. The predicted molar refractivity (Wildman–Crippen MR) is 78.7 cm³/mol. The van der Waals surface area contributed by atoms with Crippen LogP contribution in [-0.4, -0.2) is 38.0 Å². The molecule has 0 spiro atoms. The Hall–Kier alpha value is -1.99. The molecule has 0 aliphatic carbocycles. The minimum Gasteiger partial charge on any atom is -0.378 e. The van der Waals surface area contributed by atoms with Crippen LogP contribution in [0.25, 0.3) is 0 Å². The first-order valence-corrected chi connectivity index (χ1v) is 6.16. The number of anilines is 1. The Kier molecular flexibility index (Phi) is 5.40. The van der Waals surface area contributed by atoms with Crippen LogP contribution in [0, 0.1) is 12.3 Å². The first-order valence-electron chi connectivity index (χ1n) is 6.16. The Bertz CT molecular complexity index is 459. The number of hydrogen-bond acceptors (Lipinski definition) is 3. The van der Waals surface area contributed by atoms with Crippen molar-refractivity contribution < 1.29 is 4.79 Å². The molecule has 0 aliphatic rings. The van der Waals surface area contributed by atoms with Gasteiger partial charge in [-0.1, -0.05) is 12.1 Å². The molecular formula is C15H21N3O. The standard InChI is InChI=1S/C15H21N3O/c1-5-6-14(16)15(19)18(4)11-12-7-9-13(10-8-12)17(2)3/h1,7-10,14H,6,11,16H2,2-4H3. The minimum atomic E-state index is -0.615.